The molecule has 0 aliphatic rings. The van der Waals surface area contributed by atoms with Gasteiger partial charge in [-0.25, -0.2) is 0 Å². The summed E-state index contributed by atoms with van der Waals surface area (Å²) < 4.78 is 5.05. The Kier molecular flexibility index (Phi) is 4.67. The highest BCUT2D eigenvalue weighted by atomic mass is 32.2. The van der Waals surface area contributed by atoms with Crippen molar-refractivity contribution in [3.05, 3.63) is 54.5 Å². The van der Waals surface area contributed by atoms with Crippen molar-refractivity contribution in [2.75, 3.05) is 5.75 Å². The minimum absolute atomic E-state index is 0.248. The Morgan fingerprint density at radius 3 is 2.71 bits per heavy atom. The lowest BCUT2D eigenvalue weighted by Gasteiger charge is -2.14. The topological polar surface area (TPSA) is 51.2 Å². The van der Waals surface area contributed by atoms with Crippen LogP contribution in [-0.4, -0.2) is 11.8 Å². The molecule has 3 nitrogen and oxygen atoms in total. The van der Waals surface area contributed by atoms with Crippen molar-refractivity contribution < 1.29 is 4.42 Å². The summed E-state index contributed by atoms with van der Waals surface area (Å²) in [7, 11) is 0. The van der Waals surface area contributed by atoms with Gasteiger partial charge < -0.3 is 4.42 Å². The van der Waals surface area contributed by atoms with Crippen LogP contribution in [0.3, 0.4) is 0 Å². The van der Waals surface area contributed by atoms with Crippen LogP contribution in [0.4, 0.5) is 0 Å². The zero-order valence-electron chi connectivity index (χ0n) is 9.50. The molecule has 1 heterocycles. The van der Waals surface area contributed by atoms with E-state index in [2.05, 4.69) is 17.6 Å². The molecule has 1 aromatic carbocycles. The lowest BCUT2D eigenvalue weighted by molar-refractivity contribution is 0.548. The maximum atomic E-state index is 5.56. The van der Waals surface area contributed by atoms with E-state index in [1.807, 2.05) is 24.3 Å². The third-order valence-corrected chi connectivity index (χ3v) is 3.67. The number of hydrogen-bond acceptors (Lipinski definition) is 4. The van der Waals surface area contributed by atoms with Crippen LogP contribution in [-0.2, 0) is 6.42 Å². The molecule has 1 aromatic heterocycles. The number of nitrogens with one attached hydrogen (secondary N) is 1. The molecule has 4 heteroatoms. The van der Waals surface area contributed by atoms with Crippen LogP contribution in [0, 0.1) is 0 Å². The molecule has 0 spiro atoms. The Labute approximate surface area is 105 Å². The first-order valence-electron chi connectivity index (χ1n) is 5.53. The molecule has 0 bridgehead atoms. The van der Waals surface area contributed by atoms with E-state index in [0.29, 0.717) is 0 Å². The smallest absolute Gasteiger partial charge is 0.0935 e. The highest BCUT2D eigenvalue weighted by molar-refractivity contribution is 7.99. The number of rotatable bonds is 6. The van der Waals surface area contributed by atoms with E-state index >= 15 is 0 Å². The average molecular weight is 248 g/mol. The summed E-state index contributed by atoms with van der Waals surface area (Å²) in [6, 6.07) is 12.5. The summed E-state index contributed by atoms with van der Waals surface area (Å²) in [4.78, 5) is 1.26. The van der Waals surface area contributed by atoms with Crippen LogP contribution in [0.25, 0.3) is 0 Å². The molecule has 17 heavy (non-hydrogen) atoms. The van der Waals surface area contributed by atoms with E-state index in [1.165, 1.54) is 10.5 Å². The zero-order valence-corrected chi connectivity index (χ0v) is 10.3. The summed E-state index contributed by atoms with van der Waals surface area (Å²) in [6.45, 7) is 0. The molecule has 1 unspecified atom stereocenters. The van der Waals surface area contributed by atoms with E-state index in [4.69, 9.17) is 10.3 Å². The van der Waals surface area contributed by atoms with Crippen molar-refractivity contribution in [1.29, 1.82) is 0 Å². The maximum Gasteiger partial charge on any atom is 0.0935 e. The predicted molar refractivity (Wildman–Crippen MR) is 70.7 cm³/mol. The third kappa shape index (κ3) is 3.93. The number of furan rings is 1. The van der Waals surface area contributed by atoms with E-state index in [9.17, 15) is 0 Å². The maximum absolute atomic E-state index is 5.56. The molecule has 0 aliphatic heterocycles. The molecule has 2 rings (SSSR count). The SMILES string of the molecule is NNC(CSc1ccccc1)Cc1ccoc1. The Hall–Kier alpha value is -1.23. The highest BCUT2D eigenvalue weighted by Crippen LogP contribution is 2.19. The summed E-state index contributed by atoms with van der Waals surface area (Å²) in [5, 5.41) is 0. The molecule has 1 atom stereocenters. The molecule has 90 valence electrons. The van der Waals surface area contributed by atoms with Gasteiger partial charge >= 0.3 is 0 Å². The number of hydrazine groups is 1. The summed E-state index contributed by atoms with van der Waals surface area (Å²) in [5.74, 6) is 6.50. The summed E-state index contributed by atoms with van der Waals surface area (Å²) in [6.07, 6.45) is 4.33. The van der Waals surface area contributed by atoms with Gasteiger partial charge in [0.2, 0.25) is 0 Å². The molecule has 3 N–H and O–H groups in total. The van der Waals surface area contributed by atoms with Gasteiger partial charge in [0, 0.05) is 16.7 Å². The standard InChI is InChI=1S/C13H16N2OS/c14-15-12(8-11-6-7-16-9-11)10-17-13-4-2-1-3-5-13/h1-7,9,12,15H,8,10,14H2. The summed E-state index contributed by atoms with van der Waals surface area (Å²) >= 11 is 1.80. The van der Waals surface area contributed by atoms with Gasteiger partial charge in [-0.1, -0.05) is 18.2 Å². The Morgan fingerprint density at radius 2 is 2.06 bits per heavy atom. The quantitative estimate of drug-likeness (QED) is 0.468. The number of benzene rings is 1. The second-order valence-corrected chi connectivity index (χ2v) is 4.92. The molecule has 2 aromatic rings. The van der Waals surface area contributed by atoms with Crippen molar-refractivity contribution in [2.45, 2.75) is 17.4 Å². The first-order valence-corrected chi connectivity index (χ1v) is 6.52. The fourth-order valence-corrected chi connectivity index (χ4v) is 2.53. The second-order valence-electron chi connectivity index (χ2n) is 3.82. The van der Waals surface area contributed by atoms with Gasteiger partial charge in [0.1, 0.15) is 0 Å². The van der Waals surface area contributed by atoms with Gasteiger partial charge in [0.25, 0.3) is 0 Å². The monoisotopic (exact) mass is 248 g/mol. The number of thioether (sulfide) groups is 1. The molecule has 0 radical (unpaired) electrons. The van der Waals surface area contributed by atoms with Crippen LogP contribution < -0.4 is 11.3 Å². The number of hydrogen-bond donors (Lipinski definition) is 2. The van der Waals surface area contributed by atoms with E-state index in [0.717, 1.165) is 12.2 Å². The predicted octanol–water partition coefficient (Wildman–Crippen LogP) is 2.45. The molecule has 0 saturated heterocycles. The highest BCUT2D eigenvalue weighted by Gasteiger charge is 2.09. The molecule has 0 aliphatic carbocycles. The van der Waals surface area contributed by atoms with Crippen molar-refractivity contribution in [2.24, 2.45) is 5.84 Å². The average Bonchev–Trinajstić information content (AvgIpc) is 2.88. The van der Waals surface area contributed by atoms with Crippen molar-refractivity contribution in [3.8, 4) is 0 Å². The lowest BCUT2D eigenvalue weighted by Crippen LogP contribution is -2.38. The van der Waals surface area contributed by atoms with E-state index in [1.54, 1.807) is 24.3 Å². The zero-order chi connectivity index (χ0) is 11.9. The van der Waals surface area contributed by atoms with E-state index in [-0.39, 0.29) is 6.04 Å². The largest absolute Gasteiger partial charge is 0.472 e. The minimum Gasteiger partial charge on any atom is -0.472 e. The molecule has 0 amide bonds. The first-order chi connectivity index (χ1) is 8.38. The first kappa shape index (κ1) is 12.2. The number of nitrogens with two attached hydrogens (primary N) is 1. The van der Waals surface area contributed by atoms with Gasteiger partial charge in [0.05, 0.1) is 12.5 Å². The Morgan fingerprint density at radius 1 is 1.24 bits per heavy atom. The van der Waals surface area contributed by atoms with Crippen molar-refractivity contribution in [3.63, 3.8) is 0 Å². The normalized spacial score (nSPS) is 12.5. The van der Waals surface area contributed by atoms with Gasteiger partial charge in [0.15, 0.2) is 0 Å². The molecular weight excluding hydrogens is 232 g/mol. The van der Waals surface area contributed by atoms with Gasteiger partial charge in [-0.15, -0.1) is 11.8 Å². The van der Waals surface area contributed by atoms with Gasteiger partial charge in [-0.2, -0.15) is 0 Å². The Balaban J connectivity index is 1.84. The molecular formula is C13H16N2OS. The van der Waals surface area contributed by atoms with Crippen molar-refractivity contribution in [1.82, 2.24) is 5.43 Å². The fourth-order valence-electron chi connectivity index (χ4n) is 1.57. The Bertz CT molecular complexity index is 416. The third-order valence-electron chi connectivity index (χ3n) is 2.49. The molecule has 0 saturated carbocycles. The fraction of sp³-hybridized carbons (Fsp3) is 0.231. The molecule has 0 fully saturated rings. The minimum atomic E-state index is 0.248. The van der Waals surface area contributed by atoms with Crippen LogP contribution in [0.1, 0.15) is 5.56 Å². The second kappa shape index (κ2) is 6.49. The van der Waals surface area contributed by atoms with E-state index < -0.39 is 0 Å². The van der Waals surface area contributed by atoms with Crippen molar-refractivity contribution >= 4 is 11.8 Å². The van der Waals surface area contributed by atoms with Crippen LogP contribution in [0.5, 0.6) is 0 Å². The van der Waals surface area contributed by atoms with Gasteiger partial charge in [-0.3, -0.25) is 11.3 Å². The van der Waals surface area contributed by atoms with Gasteiger partial charge in [-0.05, 0) is 30.2 Å². The van der Waals surface area contributed by atoms with Crippen LogP contribution in [0.15, 0.2) is 58.2 Å². The van der Waals surface area contributed by atoms with Crippen LogP contribution >= 0.6 is 11.8 Å². The lowest BCUT2D eigenvalue weighted by atomic mass is 10.1. The van der Waals surface area contributed by atoms with Crippen LogP contribution in [0.2, 0.25) is 0 Å². The summed E-state index contributed by atoms with van der Waals surface area (Å²) in [5.41, 5.74) is 4.02.